The Bertz CT molecular complexity index is 483. The number of benzene rings is 1. The van der Waals surface area contributed by atoms with Crippen molar-refractivity contribution in [2.24, 2.45) is 5.41 Å². The SMILES string of the molecule is CCC1(CC)CCN(C(=O)c2cc(Cl)ccc2N)C1. The van der Waals surface area contributed by atoms with E-state index >= 15 is 0 Å². The van der Waals surface area contributed by atoms with Crippen LogP contribution in [0.1, 0.15) is 43.5 Å². The van der Waals surface area contributed by atoms with Crippen LogP contribution in [-0.2, 0) is 0 Å². The normalized spacial score (nSPS) is 17.7. The van der Waals surface area contributed by atoms with Crippen LogP contribution < -0.4 is 5.73 Å². The molecule has 0 aliphatic carbocycles. The van der Waals surface area contributed by atoms with E-state index in [9.17, 15) is 4.79 Å². The van der Waals surface area contributed by atoms with E-state index < -0.39 is 0 Å². The highest BCUT2D eigenvalue weighted by Gasteiger charge is 2.37. The molecule has 1 amide bonds. The molecule has 1 aliphatic heterocycles. The summed E-state index contributed by atoms with van der Waals surface area (Å²) in [6.45, 7) is 6.04. The molecule has 0 bridgehead atoms. The largest absolute Gasteiger partial charge is 0.398 e. The second kappa shape index (κ2) is 5.41. The molecule has 3 nitrogen and oxygen atoms in total. The molecule has 104 valence electrons. The lowest BCUT2D eigenvalue weighted by molar-refractivity contribution is 0.0771. The van der Waals surface area contributed by atoms with Crippen LogP contribution in [0.2, 0.25) is 5.02 Å². The number of likely N-dealkylation sites (tertiary alicyclic amines) is 1. The minimum atomic E-state index is 0.00350. The van der Waals surface area contributed by atoms with E-state index in [1.807, 2.05) is 4.90 Å². The van der Waals surface area contributed by atoms with E-state index in [2.05, 4.69) is 13.8 Å². The van der Waals surface area contributed by atoms with E-state index in [0.717, 1.165) is 32.4 Å². The fourth-order valence-corrected chi connectivity index (χ4v) is 2.99. The number of anilines is 1. The maximum absolute atomic E-state index is 12.5. The molecule has 1 aromatic rings. The predicted molar refractivity (Wildman–Crippen MR) is 79.4 cm³/mol. The van der Waals surface area contributed by atoms with Gasteiger partial charge in [0.1, 0.15) is 0 Å². The number of rotatable bonds is 3. The van der Waals surface area contributed by atoms with Crippen LogP contribution in [-0.4, -0.2) is 23.9 Å². The Morgan fingerprint density at radius 1 is 1.42 bits per heavy atom. The van der Waals surface area contributed by atoms with Gasteiger partial charge in [-0.15, -0.1) is 0 Å². The molecule has 1 aliphatic rings. The Labute approximate surface area is 119 Å². The summed E-state index contributed by atoms with van der Waals surface area (Å²) >= 11 is 5.95. The summed E-state index contributed by atoms with van der Waals surface area (Å²) in [6.07, 6.45) is 3.29. The molecule has 2 rings (SSSR count). The van der Waals surface area contributed by atoms with E-state index in [1.165, 1.54) is 0 Å². The van der Waals surface area contributed by atoms with E-state index in [4.69, 9.17) is 17.3 Å². The van der Waals surface area contributed by atoms with Gasteiger partial charge in [-0.2, -0.15) is 0 Å². The number of nitrogen functional groups attached to an aromatic ring is 1. The average molecular weight is 281 g/mol. The Hall–Kier alpha value is -1.22. The average Bonchev–Trinajstić information content (AvgIpc) is 2.86. The molecule has 4 heteroatoms. The smallest absolute Gasteiger partial charge is 0.256 e. The van der Waals surface area contributed by atoms with Gasteiger partial charge >= 0.3 is 0 Å². The summed E-state index contributed by atoms with van der Waals surface area (Å²) in [5.74, 6) is 0.00350. The van der Waals surface area contributed by atoms with Gasteiger partial charge in [0.25, 0.3) is 5.91 Å². The monoisotopic (exact) mass is 280 g/mol. The number of carbonyl (C=O) groups is 1. The van der Waals surface area contributed by atoms with E-state index in [-0.39, 0.29) is 11.3 Å². The minimum absolute atomic E-state index is 0.00350. The molecule has 2 N–H and O–H groups in total. The zero-order valence-electron chi connectivity index (χ0n) is 11.6. The summed E-state index contributed by atoms with van der Waals surface area (Å²) in [5.41, 5.74) is 7.19. The summed E-state index contributed by atoms with van der Waals surface area (Å²) in [5, 5.41) is 0.550. The number of halogens is 1. The van der Waals surface area contributed by atoms with Crippen molar-refractivity contribution < 1.29 is 4.79 Å². The fourth-order valence-electron chi connectivity index (χ4n) is 2.82. The molecular weight excluding hydrogens is 260 g/mol. The molecule has 1 fully saturated rings. The number of hydrogen-bond donors (Lipinski definition) is 1. The van der Waals surface area contributed by atoms with Crippen LogP contribution in [0.15, 0.2) is 18.2 Å². The third-order valence-corrected chi connectivity index (χ3v) is 4.71. The molecule has 1 heterocycles. The molecule has 0 aromatic heterocycles. The Morgan fingerprint density at radius 3 is 2.68 bits per heavy atom. The van der Waals surface area contributed by atoms with Crippen LogP contribution in [0, 0.1) is 5.41 Å². The Balaban J connectivity index is 2.20. The van der Waals surface area contributed by atoms with Gasteiger partial charge in [0, 0.05) is 23.8 Å². The van der Waals surface area contributed by atoms with Crippen LogP contribution in [0.25, 0.3) is 0 Å². The van der Waals surface area contributed by atoms with Crippen molar-refractivity contribution in [2.75, 3.05) is 18.8 Å². The van der Waals surface area contributed by atoms with Crippen LogP contribution in [0.4, 0.5) is 5.69 Å². The van der Waals surface area contributed by atoms with Crippen molar-refractivity contribution >= 4 is 23.2 Å². The number of amides is 1. The van der Waals surface area contributed by atoms with Gasteiger partial charge in [0.2, 0.25) is 0 Å². The minimum Gasteiger partial charge on any atom is -0.398 e. The van der Waals surface area contributed by atoms with Crippen LogP contribution in [0.5, 0.6) is 0 Å². The molecule has 1 saturated heterocycles. The van der Waals surface area contributed by atoms with Gasteiger partial charge in [0.15, 0.2) is 0 Å². The van der Waals surface area contributed by atoms with E-state index in [1.54, 1.807) is 18.2 Å². The molecule has 0 radical (unpaired) electrons. The topological polar surface area (TPSA) is 46.3 Å². The van der Waals surface area contributed by atoms with Gasteiger partial charge in [0.05, 0.1) is 5.56 Å². The first-order valence-electron chi connectivity index (χ1n) is 6.85. The molecular formula is C15H21ClN2O. The molecule has 0 atom stereocenters. The molecule has 0 saturated carbocycles. The van der Waals surface area contributed by atoms with Crippen molar-refractivity contribution in [3.05, 3.63) is 28.8 Å². The quantitative estimate of drug-likeness (QED) is 0.860. The van der Waals surface area contributed by atoms with Crippen LogP contribution in [0.3, 0.4) is 0 Å². The van der Waals surface area contributed by atoms with Crippen molar-refractivity contribution in [3.63, 3.8) is 0 Å². The number of nitrogens with two attached hydrogens (primary N) is 1. The van der Waals surface area contributed by atoms with Gasteiger partial charge in [-0.3, -0.25) is 4.79 Å². The van der Waals surface area contributed by atoms with E-state index in [0.29, 0.717) is 16.3 Å². The summed E-state index contributed by atoms with van der Waals surface area (Å²) in [4.78, 5) is 14.4. The highest BCUT2D eigenvalue weighted by molar-refractivity contribution is 6.31. The first kappa shape index (κ1) is 14.2. The molecule has 1 aromatic carbocycles. The van der Waals surface area contributed by atoms with Crippen molar-refractivity contribution in [1.82, 2.24) is 4.90 Å². The van der Waals surface area contributed by atoms with Crippen molar-refractivity contribution in [1.29, 1.82) is 0 Å². The van der Waals surface area contributed by atoms with Crippen molar-refractivity contribution in [2.45, 2.75) is 33.1 Å². The highest BCUT2D eigenvalue weighted by Crippen LogP contribution is 2.37. The maximum atomic E-state index is 12.5. The first-order chi connectivity index (χ1) is 9.01. The Morgan fingerprint density at radius 2 is 2.11 bits per heavy atom. The second-order valence-corrected chi connectivity index (χ2v) is 5.85. The number of carbonyl (C=O) groups excluding carboxylic acids is 1. The van der Waals surface area contributed by atoms with Gasteiger partial charge in [-0.1, -0.05) is 25.4 Å². The molecule has 0 spiro atoms. The third kappa shape index (κ3) is 2.71. The predicted octanol–water partition coefficient (Wildman–Crippen LogP) is 3.57. The maximum Gasteiger partial charge on any atom is 0.256 e. The zero-order valence-corrected chi connectivity index (χ0v) is 12.3. The van der Waals surface area contributed by atoms with Crippen LogP contribution >= 0.6 is 11.6 Å². The molecule has 0 unspecified atom stereocenters. The number of hydrogen-bond acceptors (Lipinski definition) is 2. The summed E-state index contributed by atoms with van der Waals surface area (Å²) < 4.78 is 0. The zero-order chi connectivity index (χ0) is 14.0. The first-order valence-corrected chi connectivity index (χ1v) is 7.23. The highest BCUT2D eigenvalue weighted by atomic mass is 35.5. The molecule has 19 heavy (non-hydrogen) atoms. The second-order valence-electron chi connectivity index (χ2n) is 5.42. The number of nitrogens with zero attached hydrogens (tertiary/aromatic N) is 1. The van der Waals surface area contributed by atoms with Gasteiger partial charge in [-0.05, 0) is 42.9 Å². The summed E-state index contributed by atoms with van der Waals surface area (Å²) in [6, 6.07) is 5.07. The standard InChI is InChI=1S/C15H21ClN2O/c1-3-15(4-2)7-8-18(10-15)14(19)12-9-11(16)5-6-13(12)17/h5-6,9H,3-4,7-8,10,17H2,1-2H3. The lowest BCUT2D eigenvalue weighted by atomic mass is 9.82. The van der Waals surface area contributed by atoms with Crippen molar-refractivity contribution in [3.8, 4) is 0 Å². The van der Waals surface area contributed by atoms with Gasteiger partial charge in [-0.25, -0.2) is 0 Å². The third-order valence-electron chi connectivity index (χ3n) is 4.47. The van der Waals surface area contributed by atoms with Gasteiger partial charge < -0.3 is 10.6 Å². The fraction of sp³-hybridized carbons (Fsp3) is 0.533. The lowest BCUT2D eigenvalue weighted by Crippen LogP contribution is -2.32. The summed E-state index contributed by atoms with van der Waals surface area (Å²) in [7, 11) is 0. The lowest BCUT2D eigenvalue weighted by Gasteiger charge is -2.26. The Kier molecular flexibility index (Phi) is 4.04.